The first-order chi connectivity index (χ1) is 27.6. The molecular formula is C44H59N5O9. The van der Waals surface area contributed by atoms with Gasteiger partial charge in [-0.25, -0.2) is 9.59 Å². The zero-order valence-electron chi connectivity index (χ0n) is 34.4. The minimum atomic E-state index is -1.26. The zero-order chi connectivity index (χ0) is 42.8. The summed E-state index contributed by atoms with van der Waals surface area (Å²) in [6.07, 6.45) is -1.76. The van der Waals surface area contributed by atoms with Gasteiger partial charge in [-0.2, -0.15) is 0 Å². The van der Waals surface area contributed by atoms with Crippen molar-refractivity contribution in [3.63, 3.8) is 0 Å². The van der Waals surface area contributed by atoms with Gasteiger partial charge in [0.05, 0.1) is 19.3 Å². The summed E-state index contributed by atoms with van der Waals surface area (Å²) in [6.45, 7) is 10.0. The van der Waals surface area contributed by atoms with E-state index in [1.54, 1.807) is 39.8 Å². The van der Waals surface area contributed by atoms with Gasteiger partial charge < -0.3 is 41.2 Å². The Kier molecular flexibility index (Phi) is 18.9. The molecule has 0 spiro atoms. The predicted octanol–water partition coefficient (Wildman–Crippen LogP) is 3.60. The second-order valence-corrected chi connectivity index (χ2v) is 15.1. The molecule has 0 fully saturated rings. The van der Waals surface area contributed by atoms with Gasteiger partial charge in [0.15, 0.2) is 0 Å². The van der Waals surface area contributed by atoms with Gasteiger partial charge >= 0.3 is 12.1 Å². The number of ether oxygens (including phenoxy) is 2. The highest BCUT2D eigenvalue weighted by molar-refractivity contribution is 5.92. The largest absolute Gasteiger partial charge is 0.467 e. The number of rotatable bonds is 21. The smallest absolute Gasteiger partial charge is 0.408 e. The number of benzene rings is 3. The summed E-state index contributed by atoms with van der Waals surface area (Å²) in [7, 11) is 1.24. The fourth-order valence-corrected chi connectivity index (χ4v) is 6.18. The predicted molar refractivity (Wildman–Crippen MR) is 219 cm³/mol. The Labute approximate surface area is 341 Å². The molecule has 0 aliphatic rings. The molecule has 0 aromatic heterocycles. The van der Waals surface area contributed by atoms with Crippen LogP contribution in [0, 0.1) is 17.8 Å². The van der Waals surface area contributed by atoms with Crippen LogP contribution in [0.25, 0.3) is 0 Å². The topological polar surface area (TPSA) is 201 Å². The molecule has 0 radical (unpaired) electrons. The Morgan fingerprint density at radius 2 is 1.02 bits per heavy atom. The van der Waals surface area contributed by atoms with Crippen LogP contribution in [0.3, 0.4) is 0 Å². The minimum Gasteiger partial charge on any atom is -0.467 e. The van der Waals surface area contributed by atoms with Gasteiger partial charge in [-0.3, -0.25) is 19.2 Å². The fraction of sp³-hybridized carbons (Fsp3) is 0.455. The lowest BCUT2D eigenvalue weighted by molar-refractivity contribution is -0.147. The van der Waals surface area contributed by atoms with Crippen molar-refractivity contribution in [2.75, 3.05) is 7.11 Å². The molecule has 0 heterocycles. The Balaban J connectivity index is 1.77. The van der Waals surface area contributed by atoms with Gasteiger partial charge in [0.1, 0.15) is 30.8 Å². The van der Waals surface area contributed by atoms with Crippen LogP contribution in [0.15, 0.2) is 91.0 Å². The van der Waals surface area contributed by atoms with Gasteiger partial charge in [0, 0.05) is 5.92 Å². The van der Waals surface area contributed by atoms with E-state index < -0.39 is 77.9 Å². The van der Waals surface area contributed by atoms with Crippen LogP contribution >= 0.6 is 0 Å². The Morgan fingerprint density at radius 3 is 1.53 bits per heavy atom. The van der Waals surface area contributed by atoms with Crippen molar-refractivity contribution >= 4 is 35.7 Å². The number of methoxy groups -OCH3 is 1. The number of amides is 5. The maximum absolute atomic E-state index is 14.1. The highest BCUT2D eigenvalue weighted by Crippen LogP contribution is 2.20. The first-order valence-electron chi connectivity index (χ1n) is 19.6. The van der Waals surface area contributed by atoms with E-state index in [0.717, 1.165) is 16.7 Å². The van der Waals surface area contributed by atoms with Gasteiger partial charge in [-0.15, -0.1) is 0 Å². The lowest BCUT2D eigenvalue weighted by Crippen LogP contribution is -2.57. The summed E-state index contributed by atoms with van der Waals surface area (Å²) in [5, 5.41) is 25.4. The number of alkyl carbamates (subject to hydrolysis) is 1. The third kappa shape index (κ3) is 15.3. The first kappa shape index (κ1) is 46.6. The van der Waals surface area contributed by atoms with Crippen LogP contribution in [0.1, 0.15) is 64.7 Å². The molecule has 7 atom stereocenters. The van der Waals surface area contributed by atoms with E-state index in [-0.39, 0.29) is 37.7 Å². The summed E-state index contributed by atoms with van der Waals surface area (Å²) in [6, 6.07) is 22.5. The van der Waals surface area contributed by atoms with E-state index >= 15 is 0 Å². The van der Waals surface area contributed by atoms with E-state index in [4.69, 9.17) is 9.47 Å². The van der Waals surface area contributed by atoms with Crippen molar-refractivity contribution in [1.82, 2.24) is 26.6 Å². The second-order valence-electron chi connectivity index (χ2n) is 15.1. The number of nitrogens with one attached hydrogen (secondary N) is 5. The van der Waals surface area contributed by atoms with Crippen LogP contribution in [0.2, 0.25) is 0 Å². The van der Waals surface area contributed by atoms with Crippen LogP contribution < -0.4 is 26.6 Å². The average Bonchev–Trinajstić information content (AvgIpc) is 3.20. The van der Waals surface area contributed by atoms with Crippen molar-refractivity contribution in [3.05, 3.63) is 108 Å². The molecule has 1 unspecified atom stereocenters. The lowest BCUT2D eigenvalue weighted by Gasteiger charge is -2.30. The number of carbonyl (C=O) groups excluding carboxylic acids is 6. The van der Waals surface area contributed by atoms with E-state index in [1.807, 2.05) is 78.9 Å². The van der Waals surface area contributed by atoms with Gasteiger partial charge in [0.25, 0.3) is 0 Å². The van der Waals surface area contributed by atoms with E-state index in [9.17, 15) is 33.9 Å². The van der Waals surface area contributed by atoms with E-state index in [2.05, 4.69) is 26.6 Å². The molecule has 0 saturated carbocycles. The number of aliphatic hydroxyl groups is 1. The Hall–Kier alpha value is -5.76. The molecule has 3 aromatic carbocycles. The second kappa shape index (κ2) is 23.5. The van der Waals surface area contributed by atoms with Crippen LogP contribution in [-0.4, -0.2) is 84.2 Å². The van der Waals surface area contributed by atoms with E-state index in [1.165, 1.54) is 21.0 Å². The SMILES string of the molecule is COC(=O)[C@@H](NC(=O)[C@@H](NC(=O)[C@H](Cc1ccccc1)CC(O)[C@H](Cc1ccccc1)NC(=O)[C@H](C)NC(=O)[C@H](C)NC(=O)OCc1ccccc1)C(C)C)C(C)C. The van der Waals surface area contributed by atoms with Crippen molar-refractivity contribution in [1.29, 1.82) is 0 Å². The number of hydrogen-bond donors (Lipinski definition) is 6. The third-order valence-corrected chi connectivity index (χ3v) is 9.67. The molecule has 6 N–H and O–H groups in total. The van der Waals surface area contributed by atoms with Gasteiger partial charge in [-0.1, -0.05) is 119 Å². The Bertz CT molecular complexity index is 1780. The van der Waals surface area contributed by atoms with Crippen molar-refractivity contribution in [2.24, 2.45) is 17.8 Å². The molecule has 5 amide bonds. The maximum atomic E-state index is 14.1. The summed E-state index contributed by atoms with van der Waals surface area (Å²) >= 11 is 0. The third-order valence-electron chi connectivity index (χ3n) is 9.67. The summed E-state index contributed by atoms with van der Waals surface area (Å²) in [4.78, 5) is 79.0. The lowest BCUT2D eigenvalue weighted by atomic mass is 9.88. The molecular weight excluding hydrogens is 743 g/mol. The summed E-state index contributed by atoms with van der Waals surface area (Å²) in [5.74, 6) is -4.37. The molecule has 14 heteroatoms. The van der Waals surface area contributed by atoms with Crippen molar-refractivity contribution in [2.45, 2.75) is 104 Å². The Morgan fingerprint density at radius 1 is 0.552 bits per heavy atom. The molecule has 58 heavy (non-hydrogen) atoms. The first-order valence-corrected chi connectivity index (χ1v) is 19.6. The molecule has 3 rings (SSSR count). The molecule has 14 nitrogen and oxygen atoms in total. The molecule has 0 aliphatic carbocycles. The molecule has 314 valence electrons. The fourth-order valence-electron chi connectivity index (χ4n) is 6.18. The standard InChI is InChI=1S/C44H59N5O9/c1-27(2)37(42(54)49-38(28(3)4)43(55)57-7)48-41(53)34(23-31-17-11-8-12-18-31)25-36(50)35(24-32-19-13-9-14-20-32)47-40(52)29(5)45-39(51)30(6)46-44(56)58-26-33-21-15-10-16-22-33/h8-22,27-30,34-38,50H,23-26H2,1-7H3,(H,45,51)(H,46,56)(H,47,52)(H,48,53)(H,49,54)/t29-,30-,34+,35-,36?,37-,38-/m0/s1. The maximum Gasteiger partial charge on any atom is 0.408 e. The molecule has 0 saturated heterocycles. The van der Waals surface area contributed by atoms with E-state index in [0.29, 0.717) is 0 Å². The van der Waals surface area contributed by atoms with Gasteiger partial charge in [-0.05, 0) is 61.6 Å². The highest BCUT2D eigenvalue weighted by Gasteiger charge is 2.35. The monoisotopic (exact) mass is 801 g/mol. The van der Waals surface area contributed by atoms with Crippen LogP contribution in [-0.2, 0) is 52.9 Å². The summed E-state index contributed by atoms with van der Waals surface area (Å²) in [5.41, 5.74) is 2.40. The number of esters is 1. The number of carbonyl (C=O) groups is 6. The van der Waals surface area contributed by atoms with Gasteiger partial charge in [0.2, 0.25) is 23.6 Å². The van der Waals surface area contributed by atoms with Crippen LogP contribution in [0.5, 0.6) is 0 Å². The molecule has 3 aromatic rings. The molecule has 0 aliphatic heterocycles. The average molecular weight is 802 g/mol. The normalized spacial score (nSPS) is 14.7. The molecule has 0 bridgehead atoms. The highest BCUT2D eigenvalue weighted by atomic mass is 16.5. The van der Waals surface area contributed by atoms with Crippen molar-refractivity contribution in [3.8, 4) is 0 Å². The quantitative estimate of drug-likeness (QED) is 0.0872. The number of aliphatic hydroxyl groups excluding tert-OH is 1. The van der Waals surface area contributed by atoms with Crippen molar-refractivity contribution < 1.29 is 43.3 Å². The summed E-state index contributed by atoms with van der Waals surface area (Å²) < 4.78 is 10.1. The zero-order valence-corrected chi connectivity index (χ0v) is 34.4. The number of hydrogen-bond acceptors (Lipinski definition) is 9. The minimum absolute atomic E-state index is 0.0161. The van der Waals surface area contributed by atoms with Crippen LogP contribution in [0.4, 0.5) is 4.79 Å².